The largest absolute Gasteiger partial charge is 0.350 e. The van der Waals surface area contributed by atoms with E-state index in [9.17, 15) is 0 Å². The van der Waals surface area contributed by atoms with E-state index in [-0.39, 0.29) is 11.5 Å². The van der Waals surface area contributed by atoms with Crippen molar-refractivity contribution >= 4 is 5.95 Å². The van der Waals surface area contributed by atoms with E-state index >= 15 is 0 Å². The van der Waals surface area contributed by atoms with Crippen LogP contribution in [0.25, 0.3) is 0 Å². The lowest BCUT2D eigenvalue weighted by atomic mass is 9.63. The summed E-state index contributed by atoms with van der Waals surface area (Å²) >= 11 is 0. The molecule has 78 valence electrons. The average molecular weight is 196 g/mol. The van der Waals surface area contributed by atoms with Gasteiger partial charge in [-0.2, -0.15) is 0 Å². The Morgan fingerprint density at radius 2 is 2.29 bits per heavy atom. The molecule has 3 N–H and O–H groups in total. The second-order valence-electron chi connectivity index (χ2n) is 4.49. The number of nitrogens with two attached hydrogens (primary N) is 1. The number of anilines is 1. The standard InChI is InChI=1S/C8H16N6/c1-8(2)5(9)4-6(8)10-7-11-12-13-14(7)3/h5-6H,4,9H2,1-3H3,(H,10,11,13). The van der Waals surface area contributed by atoms with Crippen molar-refractivity contribution in [2.45, 2.75) is 32.4 Å². The molecule has 0 spiro atoms. The second kappa shape index (κ2) is 2.91. The summed E-state index contributed by atoms with van der Waals surface area (Å²) in [6.07, 6.45) is 0.972. The Labute approximate surface area is 82.9 Å². The zero-order chi connectivity index (χ0) is 10.3. The first-order valence-corrected chi connectivity index (χ1v) is 4.76. The molecule has 0 radical (unpaired) electrons. The van der Waals surface area contributed by atoms with Crippen LogP contribution in [0.1, 0.15) is 20.3 Å². The maximum atomic E-state index is 5.92. The van der Waals surface area contributed by atoms with Gasteiger partial charge in [0.05, 0.1) is 0 Å². The molecule has 2 unspecified atom stereocenters. The minimum Gasteiger partial charge on any atom is -0.350 e. The van der Waals surface area contributed by atoms with Gasteiger partial charge in [-0.1, -0.05) is 18.9 Å². The summed E-state index contributed by atoms with van der Waals surface area (Å²) in [6.45, 7) is 4.31. The minimum atomic E-state index is 0.117. The molecule has 1 saturated carbocycles. The third kappa shape index (κ3) is 1.26. The minimum absolute atomic E-state index is 0.117. The molecule has 6 heteroatoms. The Kier molecular flexibility index (Phi) is 1.95. The Morgan fingerprint density at radius 3 is 2.71 bits per heavy atom. The van der Waals surface area contributed by atoms with Crippen LogP contribution in [0.3, 0.4) is 0 Å². The molecule has 0 aliphatic heterocycles. The van der Waals surface area contributed by atoms with Crippen molar-refractivity contribution in [1.29, 1.82) is 0 Å². The van der Waals surface area contributed by atoms with Crippen molar-refractivity contribution in [3.05, 3.63) is 0 Å². The van der Waals surface area contributed by atoms with Crippen LogP contribution in [-0.4, -0.2) is 32.3 Å². The molecule has 6 nitrogen and oxygen atoms in total. The summed E-state index contributed by atoms with van der Waals surface area (Å²) < 4.78 is 1.62. The molecule has 2 atom stereocenters. The van der Waals surface area contributed by atoms with Gasteiger partial charge in [-0.15, -0.1) is 0 Å². The van der Waals surface area contributed by atoms with Gasteiger partial charge in [0.2, 0.25) is 5.95 Å². The van der Waals surface area contributed by atoms with Gasteiger partial charge in [0.25, 0.3) is 0 Å². The topological polar surface area (TPSA) is 81.7 Å². The summed E-state index contributed by atoms with van der Waals surface area (Å²) in [5.74, 6) is 0.704. The van der Waals surface area contributed by atoms with E-state index in [2.05, 4.69) is 34.7 Å². The fraction of sp³-hybridized carbons (Fsp3) is 0.875. The zero-order valence-electron chi connectivity index (χ0n) is 8.73. The molecule has 1 aliphatic carbocycles. The van der Waals surface area contributed by atoms with E-state index in [1.54, 1.807) is 4.68 Å². The molecule has 1 aromatic heterocycles. The number of rotatable bonds is 2. The summed E-state index contributed by atoms with van der Waals surface area (Å²) in [7, 11) is 1.81. The molecular formula is C8H16N6. The SMILES string of the molecule is Cn1nnnc1NC1CC(N)C1(C)C. The van der Waals surface area contributed by atoms with Crippen LogP contribution in [-0.2, 0) is 7.05 Å². The lowest BCUT2D eigenvalue weighted by molar-refractivity contribution is 0.116. The Bertz CT molecular complexity index is 330. The highest BCUT2D eigenvalue weighted by Gasteiger charge is 2.46. The van der Waals surface area contributed by atoms with E-state index in [1.165, 1.54) is 0 Å². The number of tetrazole rings is 1. The van der Waals surface area contributed by atoms with Crippen LogP contribution in [0.2, 0.25) is 0 Å². The van der Waals surface area contributed by atoms with Crippen molar-refractivity contribution < 1.29 is 0 Å². The third-order valence-electron chi connectivity index (χ3n) is 3.27. The van der Waals surface area contributed by atoms with Crippen LogP contribution in [0.4, 0.5) is 5.95 Å². The quantitative estimate of drug-likeness (QED) is 0.681. The van der Waals surface area contributed by atoms with Crippen LogP contribution >= 0.6 is 0 Å². The van der Waals surface area contributed by atoms with E-state index in [1.807, 2.05) is 7.05 Å². The molecule has 1 aromatic rings. The molecule has 2 rings (SSSR count). The van der Waals surface area contributed by atoms with Crippen LogP contribution < -0.4 is 11.1 Å². The van der Waals surface area contributed by atoms with Gasteiger partial charge < -0.3 is 11.1 Å². The molecular weight excluding hydrogens is 180 g/mol. The molecule has 0 aromatic carbocycles. The first kappa shape index (κ1) is 9.39. The molecule has 1 aliphatic rings. The molecule has 0 saturated heterocycles. The summed E-state index contributed by atoms with van der Waals surface area (Å²) in [6, 6.07) is 0.628. The monoisotopic (exact) mass is 196 g/mol. The summed E-state index contributed by atoms with van der Waals surface area (Å²) in [4.78, 5) is 0. The highest BCUT2D eigenvalue weighted by molar-refractivity contribution is 5.28. The Morgan fingerprint density at radius 1 is 1.57 bits per heavy atom. The number of hydrogen-bond donors (Lipinski definition) is 2. The van der Waals surface area contributed by atoms with Crippen molar-refractivity contribution in [2.24, 2.45) is 18.2 Å². The fourth-order valence-corrected chi connectivity index (χ4v) is 1.71. The number of hydrogen-bond acceptors (Lipinski definition) is 5. The molecule has 0 bridgehead atoms. The van der Waals surface area contributed by atoms with Gasteiger partial charge >= 0.3 is 0 Å². The lowest BCUT2D eigenvalue weighted by Crippen LogP contribution is -2.61. The van der Waals surface area contributed by atoms with E-state index in [0.717, 1.165) is 6.42 Å². The third-order valence-corrected chi connectivity index (χ3v) is 3.27. The summed E-state index contributed by atoms with van der Waals surface area (Å²) in [5, 5.41) is 14.5. The molecule has 1 fully saturated rings. The van der Waals surface area contributed by atoms with Crippen LogP contribution in [0.15, 0.2) is 0 Å². The maximum absolute atomic E-state index is 5.92. The van der Waals surface area contributed by atoms with Crippen molar-refractivity contribution in [3.63, 3.8) is 0 Å². The fourth-order valence-electron chi connectivity index (χ4n) is 1.71. The van der Waals surface area contributed by atoms with E-state index in [4.69, 9.17) is 5.73 Å². The summed E-state index contributed by atoms with van der Waals surface area (Å²) in [5.41, 5.74) is 6.03. The van der Waals surface area contributed by atoms with Gasteiger partial charge in [0, 0.05) is 24.5 Å². The van der Waals surface area contributed by atoms with Gasteiger partial charge in [0.1, 0.15) is 0 Å². The Hall–Kier alpha value is -1.17. The maximum Gasteiger partial charge on any atom is 0.242 e. The van der Waals surface area contributed by atoms with E-state index in [0.29, 0.717) is 12.0 Å². The van der Waals surface area contributed by atoms with Crippen molar-refractivity contribution in [3.8, 4) is 0 Å². The zero-order valence-corrected chi connectivity index (χ0v) is 8.73. The predicted molar refractivity (Wildman–Crippen MR) is 52.6 cm³/mol. The predicted octanol–water partition coefficient (Wildman–Crippen LogP) is -0.252. The number of aryl methyl sites for hydroxylation is 1. The Balaban J connectivity index is 2.04. The first-order chi connectivity index (χ1) is 6.51. The van der Waals surface area contributed by atoms with Crippen LogP contribution in [0.5, 0.6) is 0 Å². The normalized spacial score (nSPS) is 29.7. The number of aromatic nitrogens is 4. The second-order valence-corrected chi connectivity index (χ2v) is 4.49. The first-order valence-electron chi connectivity index (χ1n) is 4.76. The van der Waals surface area contributed by atoms with E-state index < -0.39 is 0 Å². The van der Waals surface area contributed by atoms with Crippen molar-refractivity contribution in [1.82, 2.24) is 20.2 Å². The number of nitrogens with one attached hydrogen (secondary N) is 1. The van der Waals surface area contributed by atoms with Crippen molar-refractivity contribution in [2.75, 3.05) is 5.32 Å². The van der Waals surface area contributed by atoms with Gasteiger partial charge in [-0.25, -0.2) is 4.68 Å². The molecule has 0 amide bonds. The number of nitrogens with zero attached hydrogens (tertiary/aromatic N) is 4. The molecule has 1 heterocycles. The van der Waals surface area contributed by atoms with Gasteiger partial charge in [0.15, 0.2) is 0 Å². The smallest absolute Gasteiger partial charge is 0.242 e. The van der Waals surface area contributed by atoms with Gasteiger partial charge in [-0.05, 0) is 16.8 Å². The highest BCUT2D eigenvalue weighted by Crippen LogP contribution is 2.40. The highest BCUT2D eigenvalue weighted by atomic mass is 15.6. The molecule has 14 heavy (non-hydrogen) atoms. The average Bonchev–Trinajstić information content (AvgIpc) is 2.51. The van der Waals surface area contributed by atoms with Gasteiger partial charge in [-0.3, -0.25) is 0 Å². The van der Waals surface area contributed by atoms with Crippen LogP contribution in [0, 0.1) is 5.41 Å². The lowest BCUT2D eigenvalue weighted by Gasteiger charge is -2.50.